The van der Waals surface area contributed by atoms with Gasteiger partial charge in [0.15, 0.2) is 5.96 Å². The van der Waals surface area contributed by atoms with Crippen molar-refractivity contribution in [2.24, 2.45) is 16.8 Å². The molecule has 0 aliphatic carbocycles. The number of nitrogens with one attached hydrogen (secondary N) is 1. The lowest BCUT2D eigenvalue weighted by atomic mass is 9.74. The summed E-state index contributed by atoms with van der Waals surface area (Å²) in [6.07, 6.45) is 1.61. The van der Waals surface area contributed by atoms with Crippen molar-refractivity contribution in [3.05, 3.63) is 35.6 Å². The molecule has 2 unspecified atom stereocenters. The van der Waals surface area contributed by atoms with Crippen LogP contribution >= 0.6 is 0 Å². The fourth-order valence-electron chi connectivity index (χ4n) is 4.37. The third-order valence-corrected chi connectivity index (χ3v) is 6.17. The fourth-order valence-corrected chi connectivity index (χ4v) is 4.37. The molecule has 2 aliphatic heterocycles. The van der Waals surface area contributed by atoms with Gasteiger partial charge >= 0.3 is 5.97 Å². The molecule has 1 aromatic carbocycles. The Bertz CT molecular complexity index is 734. The first-order valence-electron chi connectivity index (χ1n) is 10.4. The highest BCUT2D eigenvalue weighted by Gasteiger charge is 2.38. The van der Waals surface area contributed by atoms with Crippen LogP contribution in [0.5, 0.6) is 0 Å². The number of ether oxygens (including phenoxy) is 2. The van der Waals surface area contributed by atoms with Gasteiger partial charge in [-0.1, -0.05) is 19.1 Å². The highest BCUT2D eigenvalue weighted by Crippen LogP contribution is 2.36. The van der Waals surface area contributed by atoms with Crippen molar-refractivity contribution < 1.29 is 18.7 Å². The molecule has 29 heavy (non-hydrogen) atoms. The largest absolute Gasteiger partial charge is 0.469 e. The molecule has 2 atom stereocenters. The summed E-state index contributed by atoms with van der Waals surface area (Å²) in [4.78, 5) is 19.2. The van der Waals surface area contributed by atoms with Crippen molar-refractivity contribution in [1.82, 2.24) is 10.2 Å². The minimum absolute atomic E-state index is 0.149. The van der Waals surface area contributed by atoms with Crippen LogP contribution in [0, 0.1) is 17.7 Å². The van der Waals surface area contributed by atoms with Gasteiger partial charge in [-0.2, -0.15) is 0 Å². The summed E-state index contributed by atoms with van der Waals surface area (Å²) in [5.41, 5.74) is 0.733. The number of hydrogen-bond acceptors (Lipinski definition) is 4. The number of likely N-dealkylation sites (tertiary alicyclic amines) is 1. The molecule has 6 nitrogen and oxygen atoms in total. The maximum atomic E-state index is 13.9. The SMILES string of the molecule is CCNC(=NCC1(c2cccc(F)c2)CCOCC1)N1CC(C)C(C(=O)OC)C1. The predicted molar refractivity (Wildman–Crippen MR) is 110 cm³/mol. The van der Waals surface area contributed by atoms with Crippen molar-refractivity contribution >= 4 is 11.9 Å². The average molecular weight is 406 g/mol. The smallest absolute Gasteiger partial charge is 0.310 e. The van der Waals surface area contributed by atoms with E-state index in [2.05, 4.69) is 17.1 Å². The molecule has 2 aliphatic rings. The molecule has 2 fully saturated rings. The highest BCUT2D eigenvalue weighted by molar-refractivity contribution is 5.82. The lowest BCUT2D eigenvalue weighted by molar-refractivity contribution is -0.145. The van der Waals surface area contributed by atoms with Crippen molar-refractivity contribution in [2.75, 3.05) is 46.5 Å². The highest BCUT2D eigenvalue weighted by atomic mass is 19.1. The standard InChI is InChI=1S/C22H32FN3O3/c1-4-24-21(26-13-16(2)19(14-26)20(27)28-3)25-15-22(8-10-29-11-9-22)17-6-5-7-18(23)12-17/h5-7,12,16,19H,4,8-11,13-15H2,1-3H3,(H,24,25). The van der Waals surface area contributed by atoms with Crippen LogP contribution in [0.3, 0.4) is 0 Å². The number of guanidine groups is 1. The number of methoxy groups -OCH3 is 1. The lowest BCUT2D eigenvalue weighted by Gasteiger charge is -2.37. The molecule has 2 saturated heterocycles. The van der Waals surface area contributed by atoms with Crippen molar-refractivity contribution in [3.63, 3.8) is 0 Å². The zero-order chi connectivity index (χ0) is 20.9. The second kappa shape index (κ2) is 9.57. The van der Waals surface area contributed by atoms with Crippen LogP contribution in [0.2, 0.25) is 0 Å². The third-order valence-electron chi connectivity index (χ3n) is 6.17. The summed E-state index contributed by atoms with van der Waals surface area (Å²) >= 11 is 0. The Labute approximate surface area is 172 Å². The zero-order valence-corrected chi connectivity index (χ0v) is 17.6. The molecule has 0 spiro atoms. The second-order valence-electron chi connectivity index (χ2n) is 8.09. The average Bonchev–Trinajstić information content (AvgIpc) is 3.12. The van der Waals surface area contributed by atoms with Gasteiger partial charge in [0.1, 0.15) is 5.82 Å². The van der Waals surface area contributed by atoms with E-state index in [0.717, 1.165) is 37.5 Å². The Hall–Kier alpha value is -2.15. The maximum Gasteiger partial charge on any atom is 0.310 e. The molecule has 0 radical (unpaired) electrons. The Morgan fingerprint density at radius 2 is 2.14 bits per heavy atom. The molecule has 1 aromatic rings. The van der Waals surface area contributed by atoms with E-state index in [0.29, 0.717) is 26.3 Å². The number of rotatable bonds is 5. The Kier molecular flexibility index (Phi) is 7.11. The molecule has 160 valence electrons. The number of carbonyl (C=O) groups excluding carboxylic acids is 1. The molecular formula is C22H32FN3O3. The molecule has 0 saturated carbocycles. The Balaban J connectivity index is 1.83. The summed E-state index contributed by atoms with van der Waals surface area (Å²) in [6.45, 7) is 8.03. The number of nitrogens with zero attached hydrogens (tertiary/aromatic N) is 2. The minimum atomic E-state index is -0.242. The zero-order valence-electron chi connectivity index (χ0n) is 17.6. The van der Waals surface area contributed by atoms with Gasteiger partial charge in [-0.3, -0.25) is 9.79 Å². The first-order chi connectivity index (χ1) is 14.0. The molecule has 3 rings (SSSR count). The minimum Gasteiger partial charge on any atom is -0.469 e. The molecule has 0 bridgehead atoms. The van der Waals surface area contributed by atoms with Gasteiger partial charge in [-0.15, -0.1) is 0 Å². The van der Waals surface area contributed by atoms with Gasteiger partial charge in [0.25, 0.3) is 0 Å². The third kappa shape index (κ3) is 4.89. The first kappa shape index (κ1) is 21.6. The van der Waals surface area contributed by atoms with E-state index in [1.54, 1.807) is 12.1 Å². The topological polar surface area (TPSA) is 63.2 Å². The first-order valence-corrected chi connectivity index (χ1v) is 10.4. The van der Waals surface area contributed by atoms with E-state index in [9.17, 15) is 9.18 Å². The van der Waals surface area contributed by atoms with Gasteiger partial charge in [0.05, 0.1) is 19.6 Å². The Morgan fingerprint density at radius 3 is 2.79 bits per heavy atom. The number of esters is 1. The summed E-state index contributed by atoms with van der Waals surface area (Å²) in [7, 11) is 1.44. The Morgan fingerprint density at radius 1 is 1.38 bits per heavy atom. The van der Waals surface area contributed by atoms with Gasteiger partial charge in [0.2, 0.25) is 0 Å². The van der Waals surface area contributed by atoms with Gasteiger partial charge in [0, 0.05) is 38.3 Å². The van der Waals surface area contributed by atoms with E-state index in [1.165, 1.54) is 13.2 Å². The molecule has 7 heteroatoms. The predicted octanol–water partition coefficient (Wildman–Crippen LogP) is 2.58. The van der Waals surface area contributed by atoms with Crippen LogP contribution in [-0.2, 0) is 19.7 Å². The van der Waals surface area contributed by atoms with Crippen molar-refractivity contribution in [1.29, 1.82) is 0 Å². The molecule has 2 heterocycles. The van der Waals surface area contributed by atoms with E-state index in [4.69, 9.17) is 14.5 Å². The van der Waals surface area contributed by atoms with Crippen molar-refractivity contribution in [2.45, 2.75) is 32.1 Å². The second-order valence-corrected chi connectivity index (χ2v) is 8.09. The van der Waals surface area contributed by atoms with Gasteiger partial charge in [-0.25, -0.2) is 4.39 Å². The number of halogens is 1. The summed E-state index contributed by atoms with van der Waals surface area (Å²) < 4.78 is 24.5. The van der Waals surface area contributed by atoms with E-state index >= 15 is 0 Å². The normalized spacial score (nSPS) is 24.4. The van der Waals surface area contributed by atoms with Crippen LogP contribution < -0.4 is 5.32 Å². The van der Waals surface area contributed by atoms with Crippen LogP contribution in [0.15, 0.2) is 29.3 Å². The van der Waals surface area contributed by atoms with Crippen LogP contribution in [0.1, 0.15) is 32.3 Å². The monoisotopic (exact) mass is 405 g/mol. The van der Waals surface area contributed by atoms with E-state index in [-0.39, 0.29) is 29.0 Å². The van der Waals surface area contributed by atoms with Crippen molar-refractivity contribution in [3.8, 4) is 0 Å². The van der Waals surface area contributed by atoms with Crippen LogP contribution in [0.25, 0.3) is 0 Å². The van der Waals surface area contributed by atoms with Crippen LogP contribution in [0.4, 0.5) is 4.39 Å². The van der Waals surface area contributed by atoms with Gasteiger partial charge < -0.3 is 19.7 Å². The number of hydrogen-bond donors (Lipinski definition) is 1. The number of aliphatic imine (C=N–C) groups is 1. The summed E-state index contributed by atoms with van der Waals surface area (Å²) in [6, 6.07) is 6.85. The lowest BCUT2D eigenvalue weighted by Crippen LogP contribution is -2.43. The van der Waals surface area contributed by atoms with E-state index in [1.807, 2.05) is 13.0 Å². The molecule has 0 amide bonds. The molecule has 1 N–H and O–H groups in total. The molecule has 0 aromatic heterocycles. The molecular weight excluding hydrogens is 373 g/mol. The number of benzene rings is 1. The van der Waals surface area contributed by atoms with E-state index < -0.39 is 0 Å². The van der Waals surface area contributed by atoms with Gasteiger partial charge in [-0.05, 0) is 43.4 Å². The quantitative estimate of drug-likeness (QED) is 0.464. The van der Waals surface area contributed by atoms with Crippen LogP contribution in [-0.4, -0.2) is 63.3 Å². The summed E-state index contributed by atoms with van der Waals surface area (Å²) in [5, 5.41) is 3.36. The number of carbonyl (C=O) groups is 1. The fraction of sp³-hybridized carbons (Fsp3) is 0.636. The maximum absolute atomic E-state index is 13.9. The summed E-state index contributed by atoms with van der Waals surface area (Å²) in [5.74, 6) is 0.457.